The predicted molar refractivity (Wildman–Crippen MR) is 37.5 cm³/mol. The van der Waals surface area contributed by atoms with E-state index in [0.29, 0.717) is 0 Å². The Morgan fingerprint density at radius 3 is 1.56 bits per heavy atom. The van der Waals surface area contributed by atoms with Gasteiger partial charge in [-0.1, -0.05) is 0 Å². The SMILES string of the molecule is [B]C([B])(O)C[C@@]([B])(C)O. The van der Waals surface area contributed by atoms with Crippen LogP contribution >= 0.6 is 0 Å². The summed E-state index contributed by atoms with van der Waals surface area (Å²) in [5, 5.41) is 15.6. The predicted octanol–water partition coefficient (Wildman–Crippen LogP) is -1.76. The third kappa shape index (κ3) is 8.11. The smallest absolute Gasteiger partial charge is 0.113 e. The van der Waals surface area contributed by atoms with Crippen LogP contribution in [0.4, 0.5) is 0 Å². The van der Waals surface area contributed by atoms with Crippen molar-refractivity contribution in [2.24, 2.45) is 0 Å². The molecule has 0 amide bonds. The van der Waals surface area contributed by atoms with Gasteiger partial charge in [-0.2, -0.15) is 0 Å². The van der Waals surface area contributed by atoms with E-state index in [1.807, 2.05) is 0 Å². The normalized spacial score (nSPS) is 19.0. The summed E-state index contributed by atoms with van der Waals surface area (Å²) in [6, 6.07) is 0. The molecule has 1 atom stereocenters. The number of hydrogen-bond donors (Lipinski definition) is 2. The second-order valence-electron chi connectivity index (χ2n) is 2.53. The largest absolute Gasteiger partial charge is 0.409 e. The summed E-state index contributed by atoms with van der Waals surface area (Å²) in [6.45, 7) is 1.30. The lowest BCUT2D eigenvalue weighted by atomic mass is 9.58. The molecule has 0 aliphatic carbocycles. The van der Waals surface area contributed by atoms with Gasteiger partial charge in [-0.3, -0.25) is 0 Å². The highest BCUT2D eigenvalue weighted by Gasteiger charge is 2.22. The number of aliphatic hydroxyl groups is 2. The molecule has 0 aromatic carbocycles. The lowest BCUT2D eigenvalue weighted by Crippen LogP contribution is -2.40. The van der Waals surface area contributed by atoms with Crippen molar-refractivity contribution < 1.29 is 10.2 Å². The van der Waals surface area contributed by atoms with E-state index in [9.17, 15) is 0 Å². The maximum Gasteiger partial charge on any atom is 0.113 e. The molecule has 0 heterocycles. The van der Waals surface area contributed by atoms with Gasteiger partial charge in [0.15, 0.2) is 0 Å². The molecule has 0 unspecified atom stereocenters. The van der Waals surface area contributed by atoms with Crippen LogP contribution in [-0.2, 0) is 0 Å². The van der Waals surface area contributed by atoms with Crippen LogP contribution in [0.3, 0.4) is 0 Å². The van der Waals surface area contributed by atoms with Crippen molar-refractivity contribution in [3.05, 3.63) is 0 Å². The molecule has 0 saturated carbocycles. The number of rotatable bonds is 2. The van der Waals surface area contributed by atoms with Gasteiger partial charge in [0, 0.05) is 5.50 Å². The van der Waals surface area contributed by atoms with Gasteiger partial charge in [0.1, 0.15) is 7.85 Å². The van der Waals surface area contributed by atoms with E-state index >= 15 is 0 Å². The van der Waals surface area contributed by atoms with Crippen LogP contribution in [0.25, 0.3) is 0 Å². The van der Waals surface area contributed by atoms with Gasteiger partial charge in [-0.05, 0) is 18.7 Å². The Bertz CT molecular complexity index is 79.0. The molecule has 0 fully saturated rings. The molecule has 0 aromatic rings. The second kappa shape index (κ2) is 2.39. The minimum Gasteiger partial charge on any atom is -0.409 e. The fourth-order valence-electron chi connectivity index (χ4n) is 0.573. The van der Waals surface area contributed by atoms with E-state index in [1.54, 1.807) is 0 Å². The minimum atomic E-state index is -1.89. The van der Waals surface area contributed by atoms with Crippen molar-refractivity contribution in [2.75, 3.05) is 0 Å². The van der Waals surface area contributed by atoms with Crippen LogP contribution in [-0.4, -0.2) is 44.7 Å². The van der Waals surface area contributed by atoms with Crippen molar-refractivity contribution in [3.63, 3.8) is 0 Å². The van der Waals surface area contributed by atoms with Gasteiger partial charge in [0.05, 0.1) is 15.7 Å². The maximum atomic E-state index is 8.81. The van der Waals surface area contributed by atoms with Crippen molar-refractivity contribution in [1.29, 1.82) is 0 Å². The molecule has 0 rings (SSSR count). The standard InChI is InChI=1S/C4H7B3O2/c1-3(5,8)2-4(6,7)9/h8-9H,2H2,1H3/t3-/m1/s1. The number of hydrogen-bond acceptors (Lipinski definition) is 2. The summed E-state index contributed by atoms with van der Waals surface area (Å²) in [5.74, 6) is 0. The molecule has 0 aromatic heterocycles. The van der Waals surface area contributed by atoms with Crippen LogP contribution in [0.5, 0.6) is 0 Å². The molecule has 0 bridgehead atoms. The van der Waals surface area contributed by atoms with Crippen molar-refractivity contribution in [3.8, 4) is 0 Å². The topological polar surface area (TPSA) is 40.5 Å². The zero-order chi connectivity index (χ0) is 7.71. The molecule has 2 N–H and O–H groups in total. The highest BCUT2D eigenvalue weighted by atomic mass is 16.3. The Morgan fingerprint density at radius 1 is 1.22 bits per heavy atom. The van der Waals surface area contributed by atoms with E-state index in [0.717, 1.165) is 0 Å². The van der Waals surface area contributed by atoms with Crippen LogP contribution in [0.15, 0.2) is 0 Å². The Labute approximate surface area is 58.9 Å². The fraction of sp³-hybridized carbons (Fsp3) is 1.00. The Balaban J connectivity index is 3.75. The summed E-state index contributed by atoms with van der Waals surface area (Å²) in [6.07, 6.45) is -0.264. The first-order chi connectivity index (χ1) is 3.71. The Hall–Kier alpha value is 0.115. The minimum absolute atomic E-state index is 0.264. The average molecular weight is 120 g/mol. The van der Waals surface area contributed by atoms with Crippen molar-refractivity contribution >= 4 is 23.5 Å². The highest BCUT2D eigenvalue weighted by molar-refractivity contribution is 6.39. The molecule has 2 nitrogen and oxygen atoms in total. The Kier molecular flexibility index (Phi) is 2.42. The fourth-order valence-corrected chi connectivity index (χ4v) is 0.573. The van der Waals surface area contributed by atoms with Crippen molar-refractivity contribution in [2.45, 2.75) is 24.2 Å². The maximum absolute atomic E-state index is 8.81. The monoisotopic (exact) mass is 120 g/mol. The molecule has 9 heavy (non-hydrogen) atoms. The van der Waals surface area contributed by atoms with Gasteiger partial charge in [0.25, 0.3) is 0 Å². The Morgan fingerprint density at radius 2 is 1.56 bits per heavy atom. The van der Waals surface area contributed by atoms with Crippen LogP contribution in [0, 0.1) is 0 Å². The molecule has 44 valence electrons. The van der Waals surface area contributed by atoms with Gasteiger partial charge in [0.2, 0.25) is 0 Å². The van der Waals surface area contributed by atoms with Gasteiger partial charge >= 0.3 is 0 Å². The quantitative estimate of drug-likeness (QED) is 0.423. The average Bonchev–Trinajstić information content (AvgIpc) is 1.14. The lowest BCUT2D eigenvalue weighted by molar-refractivity contribution is 0.0797. The zero-order valence-corrected chi connectivity index (χ0v) is 5.33. The first kappa shape index (κ1) is 9.11. The van der Waals surface area contributed by atoms with E-state index in [1.165, 1.54) is 6.92 Å². The molecule has 0 aliphatic heterocycles. The van der Waals surface area contributed by atoms with Gasteiger partial charge < -0.3 is 10.2 Å². The summed E-state index contributed by atoms with van der Waals surface area (Å²) in [7, 11) is 14.9. The van der Waals surface area contributed by atoms with E-state index in [2.05, 4.69) is 0 Å². The third-order valence-corrected chi connectivity index (χ3v) is 0.641. The van der Waals surface area contributed by atoms with Gasteiger partial charge in [-0.25, -0.2) is 0 Å². The molecule has 5 heteroatoms. The first-order valence-corrected chi connectivity index (χ1v) is 2.52. The summed E-state index contributed by atoms with van der Waals surface area (Å²) < 4.78 is 0. The summed E-state index contributed by atoms with van der Waals surface area (Å²) >= 11 is 0. The van der Waals surface area contributed by atoms with Crippen LogP contribution in [0.2, 0.25) is 0 Å². The molecular weight excluding hydrogens is 112 g/mol. The zero-order valence-electron chi connectivity index (χ0n) is 5.33. The molecule has 6 radical (unpaired) electrons. The van der Waals surface area contributed by atoms with Crippen LogP contribution < -0.4 is 0 Å². The molecule has 0 saturated heterocycles. The third-order valence-electron chi connectivity index (χ3n) is 0.641. The van der Waals surface area contributed by atoms with E-state index in [-0.39, 0.29) is 6.42 Å². The van der Waals surface area contributed by atoms with Crippen LogP contribution in [0.1, 0.15) is 13.3 Å². The lowest BCUT2D eigenvalue weighted by Gasteiger charge is -2.27. The van der Waals surface area contributed by atoms with E-state index in [4.69, 9.17) is 33.8 Å². The van der Waals surface area contributed by atoms with E-state index < -0.39 is 10.9 Å². The second-order valence-corrected chi connectivity index (χ2v) is 2.53. The first-order valence-electron chi connectivity index (χ1n) is 2.52. The van der Waals surface area contributed by atoms with Gasteiger partial charge in [-0.15, -0.1) is 0 Å². The van der Waals surface area contributed by atoms with Crippen molar-refractivity contribution in [1.82, 2.24) is 0 Å². The summed E-state index contributed by atoms with van der Waals surface area (Å²) in [4.78, 5) is 0. The highest BCUT2D eigenvalue weighted by Crippen LogP contribution is 2.10. The summed E-state index contributed by atoms with van der Waals surface area (Å²) in [5.41, 5.74) is -1.52. The molecule has 0 spiro atoms. The molecule has 0 aliphatic rings. The molecular formula is C4H7B3O2.